The third-order valence-corrected chi connectivity index (χ3v) is 1.91. The molecule has 0 fully saturated rings. The summed E-state index contributed by atoms with van der Waals surface area (Å²) >= 11 is 0. The predicted molar refractivity (Wildman–Crippen MR) is 55.1 cm³/mol. The van der Waals surface area contributed by atoms with Gasteiger partial charge < -0.3 is 4.74 Å². The number of hydrogen-bond donors (Lipinski definition) is 0. The van der Waals surface area contributed by atoms with Gasteiger partial charge in [-0.1, -0.05) is 5.21 Å². The van der Waals surface area contributed by atoms with Gasteiger partial charge in [0.2, 0.25) is 0 Å². The molecule has 16 heavy (non-hydrogen) atoms. The Morgan fingerprint density at radius 1 is 1.44 bits per heavy atom. The molecule has 0 aliphatic heterocycles. The van der Waals surface area contributed by atoms with E-state index in [1.165, 1.54) is 10.9 Å². The standard InChI is InChI=1S/C10H10N4O2/c1-2-16-10(15)9-7-14(13-12-9)8-3-5-11-6-4-8/h3-7H,2H2,1H3. The minimum Gasteiger partial charge on any atom is -0.461 e. The third-order valence-electron chi connectivity index (χ3n) is 1.91. The highest BCUT2D eigenvalue weighted by Gasteiger charge is 2.11. The van der Waals surface area contributed by atoms with Crippen molar-refractivity contribution in [2.24, 2.45) is 0 Å². The fourth-order valence-electron chi connectivity index (χ4n) is 1.19. The summed E-state index contributed by atoms with van der Waals surface area (Å²) in [5, 5.41) is 7.56. The summed E-state index contributed by atoms with van der Waals surface area (Å²) in [6.45, 7) is 2.06. The molecule has 2 aromatic rings. The third kappa shape index (κ3) is 2.05. The van der Waals surface area contributed by atoms with Crippen LogP contribution in [0.4, 0.5) is 0 Å². The highest BCUT2D eigenvalue weighted by Crippen LogP contribution is 2.05. The van der Waals surface area contributed by atoms with Crippen molar-refractivity contribution >= 4 is 5.97 Å². The zero-order valence-electron chi connectivity index (χ0n) is 8.70. The molecule has 0 bridgehead atoms. The van der Waals surface area contributed by atoms with E-state index in [0.717, 1.165) is 5.69 Å². The van der Waals surface area contributed by atoms with E-state index in [2.05, 4.69) is 15.3 Å². The lowest BCUT2D eigenvalue weighted by molar-refractivity contribution is 0.0519. The van der Waals surface area contributed by atoms with E-state index in [0.29, 0.717) is 6.61 Å². The van der Waals surface area contributed by atoms with Crippen LogP contribution in [-0.4, -0.2) is 32.6 Å². The number of nitrogens with zero attached hydrogens (tertiary/aromatic N) is 4. The van der Waals surface area contributed by atoms with Crippen molar-refractivity contribution in [3.05, 3.63) is 36.4 Å². The molecule has 0 radical (unpaired) electrons. The molecule has 0 atom stereocenters. The first-order valence-corrected chi connectivity index (χ1v) is 4.81. The molecule has 0 N–H and O–H groups in total. The summed E-state index contributed by atoms with van der Waals surface area (Å²) in [4.78, 5) is 15.2. The largest absolute Gasteiger partial charge is 0.461 e. The van der Waals surface area contributed by atoms with Crippen molar-refractivity contribution < 1.29 is 9.53 Å². The fraction of sp³-hybridized carbons (Fsp3) is 0.200. The van der Waals surface area contributed by atoms with Crippen molar-refractivity contribution in [1.29, 1.82) is 0 Å². The average molecular weight is 218 g/mol. The van der Waals surface area contributed by atoms with E-state index >= 15 is 0 Å². The molecular weight excluding hydrogens is 208 g/mol. The molecule has 0 aromatic carbocycles. The minimum atomic E-state index is -0.470. The molecule has 0 aliphatic rings. The van der Waals surface area contributed by atoms with Gasteiger partial charge >= 0.3 is 5.97 Å². The maximum atomic E-state index is 11.3. The van der Waals surface area contributed by atoms with Crippen LogP contribution in [0, 0.1) is 0 Å². The van der Waals surface area contributed by atoms with Gasteiger partial charge in [-0.3, -0.25) is 4.98 Å². The van der Waals surface area contributed by atoms with Gasteiger partial charge in [0.1, 0.15) is 0 Å². The Labute approximate surface area is 91.9 Å². The van der Waals surface area contributed by atoms with Crippen LogP contribution in [0.25, 0.3) is 5.69 Å². The van der Waals surface area contributed by atoms with Crippen LogP contribution in [-0.2, 0) is 4.74 Å². The van der Waals surface area contributed by atoms with Crippen LogP contribution in [0.3, 0.4) is 0 Å². The van der Waals surface area contributed by atoms with Crippen molar-refractivity contribution in [1.82, 2.24) is 20.0 Å². The van der Waals surface area contributed by atoms with Crippen molar-refractivity contribution in [3.8, 4) is 5.69 Å². The van der Waals surface area contributed by atoms with Crippen LogP contribution in [0.15, 0.2) is 30.7 Å². The van der Waals surface area contributed by atoms with Gasteiger partial charge in [0.25, 0.3) is 0 Å². The van der Waals surface area contributed by atoms with Crippen LogP contribution in [0.2, 0.25) is 0 Å². The number of ether oxygens (including phenoxy) is 1. The van der Waals surface area contributed by atoms with Crippen molar-refractivity contribution in [2.45, 2.75) is 6.92 Å². The Morgan fingerprint density at radius 2 is 2.19 bits per heavy atom. The maximum Gasteiger partial charge on any atom is 0.360 e. The zero-order valence-corrected chi connectivity index (χ0v) is 8.70. The highest BCUT2D eigenvalue weighted by molar-refractivity contribution is 5.86. The van der Waals surface area contributed by atoms with Crippen LogP contribution < -0.4 is 0 Å². The lowest BCUT2D eigenvalue weighted by Gasteiger charge is -1.97. The van der Waals surface area contributed by atoms with Gasteiger partial charge in [-0.2, -0.15) is 0 Å². The number of hydrogen-bond acceptors (Lipinski definition) is 5. The van der Waals surface area contributed by atoms with Gasteiger partial charge in [0, 0.05) is 12.4 Å². The number of rotatable bonds is 3. The molecule has 2 aromatic heterocycles. The first-order chi connectivity index (χ1) is 7.81. The smallest absolute Gasteiger partial charge is 0.360 e. The van der Waals surface area contributed by atoms with E-state index in [9.17, 15) is 4.79 Å². The van der Waals surface area contributed by atoms with E-state index < -0.39 is 5.97 Å². The van der Waals surface area contributed by atoms with Crippen molar-refractivity contribution in [3.63, 3.8) is 0 Å². The molecule has 2 rings (SSSR count). The van der Waals surface area contributed by atoms with Crippen LogP contribution in [0.1, 0.15) is 17.4 Å². The topological polar surface area (TPSA) is 69.9 Å². The van der Waals surface area contributed by atoms with Gasteiger partial charge in [0.05, 0.1) is 18.5 Å². The summed E-state index contributed by atoms with van der Waals surface area (Å²) in [7, 11) is 0. The molecule has 0 spiro atoms. The van der Waals surface area contributed by atoms with E-state index in [-0.39, 0.29) is 5.69 Å². The Balaban J connectivity index is 2.23. The van der Waals surface area contributed by atoms with Crippen LogP contribution in [0.5, 0.6) is 0 Å². The minimum absolute atomic E-state index is 0.193. The highest BCUT2D eigenvalue weighted by atomic mass is 16.5. The van der Waals surface area contributed by atoms with E-state index in [1.807, 2.05) is 0 Å². The second kappa shape index (κ2) is 4.52. The molecule has 6 heteroatoms. The maximum absolute atomic E-state index is 11.3. The molecule has 0 aliphatic carbocycles. The monoisotopic (exact) mass is 218 g/mol. The molecule has 0 saturated heterocycles. The summed E-state index contributed by atoms with van der Waals surface area (Å²) in [6, 6.07) is 3.53. The lowest BCUT2D eigenvalue weighted by Crippen LogP contribution is -2.04. The first kappa shape index (κ1) is 10.3. The fourth-order valence-corrected chi connectivity index (χ4v) is 1.19. The van der Waals surface area contributed by atoms with Crippen LogP contribution >= 0.6 is 0 Å². The molecule has 0 amide bonds. The Morgan fingerprint density at radius 3 is 2.88 bits per heavy atom. The summed E-state index contributed by atoms with van der Waals surface area (Å²) in [5.41, 5.74) is 0.983. The Bertz CT molecular complexity index is 481. The Hall–Kier alpha value is -2.24. The summed E-state index contributed by atoms with van der Waals surface area (Å²) < 4.78 is 6.30. The second-order valence-electron chi connectivity index (χ2n) is 2.97. The molecule has 82 valence electrons. The lowest BCUT2D eigenvalue weighted by atomic mass is 10.4. The zero-order chi connectivity index (χ0) is 11.4. The number of carbonyl (C=O) groups is 1. The number of aromatic nitrogens is 4. The molecule has 2 heterocycles. The number of pyridine rings is 1. The van der Waals surface area contributed by atoms with Gasteiger partial charge in [-0.05, 0) is 19.1 Å². The average Bonchev–Trinajstić information content (AvgIpc) is 2.80. The van der Waals surface area contributed by atoms with Gasteiger partial charge in [-0.25, -0.2) is 9.48 Å². The molecule has 0 unspecified atom stereocenters. The molecule has 6 nitrogen and oxygen atoms in total. The predicted octanol–water partition coefficient (Wildman–Crippen LogP) is 0.839. The molecular formula is C10H10N4O2. The number of esters is 1. The quantitative estimate of drug-likeness (QED) is 0.714. The van der Waals surface area contributed by atoms with Gasteiger partial charge in [-0.15, -0.1) is 5.10 Å². The van der Waals surface area contributed by atoms with E-state index in [4.69, 9.17) is 4.74 Å². The normalized spacial score (nSPS) is 10.1. The van der Waals surface area contributed by atoms with Gasteiger partial charge in [0.15, 0.2) is 5.69 Å². The second-order valence-corrected chi connectivity index (χ2v) is 2.97. The van der Waals surface area contributed by atoms with E-state index in [1.54, 1.807) is 31.5 Å². The number of carbonyl (C=O) groups excluding carboxylic acids is 1. The summed E-state index contributed by atoms with van der Waals surface area (Å²) in [5.74, 6) is -0.470. The summed E-state index contributed by atoms with van der Waals surface area (Å²) in [6.07, 6.45) is 4.80. The molecule has 0 saturated carbocycles. The first-order valence-electron chi connectivity index (χ1n) is 4.81. The Kier molecular flexibility index (Phi) is 2.90. The van der Waals surface area contributed by atoms with Crippen molar-refractivity contribution in [2.75, 3.05) is 6.61 Å². The SMILES string of the molecule is CCOC(=O)c1cn(-c2ccncc2)nn1.